The van der Waals surface area contributed by atoms with Gasteiger partial charge in [0.25, 0.3) is 11.1 Å². The van der Waals surface area contributed by atoms with Gasteiger partial charge in [-0.15, -0.1) is 0 Å². The summed E-state index contributed by atoms with van der Waals surface area (Å²) in [7, 11) is 1.99. The average Bonchev–Trinajstić information content (AvgIpc) is 3.05. The Balaban J connectivity index is 1.32. The minimum atomic E-state index is -0.356. The van der Waals surface area contributed by atoms with E-state index in [2.05, 4.69) is 27.3 Å². The van der Waals surface area contributed by atoms with E-state index >= 15 is 0 Å². The van der Waals surface area contributed by atoms with Gasteiger partial charge in [-0.2, -0.15) is 0 Å². The van der Waals surface area contributed by atoms with E-state index in [1.807, 2.05) is 55.7 Å². The third-order valence-electron chi connectivity index (χ3n) is 4.52. The highest BCUT2D eigenvalue weighted by atomic mass is 32.2. The second-order valence-electron chi connectivity index (χ2n) is 6.58. The largest absolute Gasteiger partial charge is 0.492 e. The van der Waals surface area contributed by atoms with E-state index in [4.69, 9.17) is 4.74 Å². The zero-order valence-corrected chi connectivity index (χ0v) is 16.6. The number of benzene rings is 2. The number of rotatable bonds is 6. The zero-order valence-electron chi connectivity index (χ0n) is 15.8. The van der Waals surface area contributed by atoms with Crippen LogP contribution >= 0.6 is 11.8 Å². The Kier molecular flexibility index (Phi) is 5.48. The lowest BCUT2D eigenvalue weighted by atomic mass is 10.2. The lowest BCUT2D eigenvalue weighted by molar-refractivity contribution is -0.115. The van der Waals surface area contributed by atoms with Crippen molar-refractivity contribution in [3.8, 4) is 5.75 Å². The number of carbonyl (C=O) groups excluding carboxylic acids is 2. The number of likely N-dealkylation sites (N-methyl/N-ethyl adjacent to an activating group) is 1. The number of thioether (sulfide) groups is 1. The number of amides is 2. The number of ether oxygens (including phenoxy) is 1. The minimum absolute atomic E-state index is 0.341. The van der Waals surface area contributed by atoms with E-state index in [9.17, 15) is 9.59 Å². The maximum Gasteiger partial charge on any atom is 0.290 e. The predicted molar refractivity (Wildman–Crippen MR) is 116 cm³/mol. The van der Waals surface area contributed by atoms with E-state index in [0.717, 1.165) is 39.7 Å². The Bertz CT molecular complexity index is 1100. The van der Waals surface area contributed by atoms with Gasteiger partial charge in [-0.1, -0.05) is 36.4 Å². The molecular formula is C22H19N3O3S. The normalized spacial score (nSPS) is 15.0. The van der Waals surface area contributed by atoms with Crippen molar-refractivity contribution in [2.45, 2.75) is 0 Å². The number of aromatic nitrogens is 1. The molecule has 1 fully saturated rings. The summed E-state index contributed by atoms with van der Waals surface area (Å²) >= 11 is 0.907. The van der Waals surface area contributed by atoms with Crippen LogP contribution < -0.4 is 15.0 Å². The first kappa shape index (κ1) is 19.0. The SMILES string of the molecule is CN(CCOc1ccc(/C=C2\SC(=O)NC2=O)cc1)c1cc2ccccc2cn1. The number of hydrogen-bond acceptors (Lipinski definition) is 6. The molecule has 0 unspecified atom stereocenters. The molecular weight excluding hydrogens is 386 g/mol. The van der Waals surface area contributed by atoms with E-state index in [0.29, 0.717) is 18.1 Å². The van der Waals surface area contributed by atoms with Gasteiger partial charge in [0.1, 0.15) is 18.2 Å². The second-order valence-corrected chi connectivity index (χ2v) is 7.60. The van der Waals surface area contributed by atoms with Crippen LogP contribution in [0, 0.1) is 0 Å². The third kappa shape index (κ3) is 4.57. The number of anilines is 1. The number of fused-ring (bicyclic) bond motifs is 1. The van der Waals surface area contributed by atoms with Crippen molar-refractivity contribution in [2.75, 3.05) is 25.1 Å². The number of imide groups is 1. The van der Waals surface area contributed by atoms with Crippen LogP contribution in [-0.4, -0.2) is 36.3 Å². The highest BCUT2D eigenvalue weighted by Crippen LogP contribution is 2.26. The van der Waals surface area contributed by atoms with Crippen molar-refractivity contribution in [3.63, 3.8) is 0 Å². The van der Waals surface area contributed by atoms with Gasteiger partial charge in [0.05, 0.1) is 11.4 Å². The highest BCUT2D eigenvalue weighted by molar-refractivity contribution is 8.18. The van der Waals surface area contributed by atoms with Gasteiger partial charge in [-0.25, -0.2) is 4.98 Å². The molecule has 0 atom stereocenters. The van der Waals surface area contributed by atoms with Crippen molar-refractivity contribution in [3.05, 3.63) is 71.3 Å². The summed E-state index contributed by atoms with van der Waals surface area (Å²) in [6.45, 7) is 1.20. The van der Waals surface area contributed by atoms with Gasteiger partial charge >= 0.3 is 0 Å². The summed E-state index contributed by atoms with van der Waals surface area (Å²) in [5, 5.41) is 4.18. The molecule has 4 rings (SSSR count). The summed E-state index contributed by atoms with van der Waals surface area (Å²) in [5.41, 5.74) is 0.835. The van der Waals surface area contributed by atoms with Crippen molar-refractivity contribution < 1.29 is 14.3 Å². The zero-order chi connectivity index (χ0) is 20.2. The Morgan fingerprint density at radius 3 is 2.59 bits per heavy atom. The maximum absolute atomic E-state index is 11.6. The van der Waals surface area contributed by atoms with Crippen LogP contribution in [0.15, 0.2) is 65.7 Å². The molecule has 0 bridgehead atoms. The van der Waals surface area contributed by atoms with Crippen LogP contribution in [0.2, 0.25) is 0 Å². The quantitative estimate of drug-likeness (QED) is 0.623. The molecule has 3 aromatic rings. The molecule has 2 aromatic carbocycles. The lowest BCUT2D eigenvalue weighted by Crippen LogP contribution is -2.24. The highest BCUT2D eigenvalue weighted by Gasteiger charge is 2.24. The molecule has 2 amide bonds. The first-order valence-corrected chi connectivity index (χ1v) is 9.94. The molecule has 146 valence electrons. The first-order valence-electron chi connectivity index (χ1n) is 9.12. The molecule has 0 spiro atoms. The molecule has 7 heteroatoms. The third-order valence-corrected chi connectivity index (χ3v) is 5.33. The number of pyridine rings is 1. The Morgan fingerprint density at radius 1 is 1.10 bits per heavy atom. The number of nitrogens with one attached hydrogen (secondary N) is 1. The van der Waals surface area contributed by atoms with Crippen LogP contribution in [0.3, 0.4) is 0 Å². The van der Waals surface area contributed by atoms with E-state index in [-0.39, 0.29) is 11.1 Å². The van der Waals surface area contributed by atoms with Crippen LogP contribution in [0.5, 0.6) is 5.75 Å². The molecule has 2 heterocycles. The fourth-order valence-electron chi connectivity index (χ4n) is 2.93. The molecule has 1 aliphatic rings. The van der Waals surface area contributed by atoms with Gasteiger partial charge in [0, 0.05) is 18.6 Å². The van der Waals surface area contributed by atoms with Crippen molar-refractivity contribution in [1.29, 1.82) is 0 Å². The lowest BCUT2D eigenvalue weighted by Gasteiger charge is -2.18. The molecule has 29 heavy (non-hydrogen) atoms. The summed E-state index contributed by atoms with van der Waals surface area (Å²) in [4.78, 5) is 29.8. The molecule has 0 aliphatic carbocycles. The fraction of sp³-hybridized carbons (Fsp3) is 0.136. The summed E-state index contributed by atoms with van der Waals surface area (Å²) in [6.07, 6.45) is 3.57. The Morgan fingerprint density at radius 2 is 1.86 bits per heavy atom. The van der Waals surface area contributed by atoms with Crippen LogP contribution in [0.1, 0.15) is 5.56 Å². The molecule has 1 aliphatic heterocycles. The molecule has 0 saturated carbocycles. The van der Waals surface area contributed by atoms with Crippen molar-refractivity contribution in [2.24, 2.45) is 0 Å². The van der Waals surface area contributed by atoms with E-state index in [1.54, 1.807) is 6.08 Å². The molecule has 0 radical (unpaired) electrons. The van der Waals surface area contributed by atoms with E-state index < -0.39 is 0 Å². The predicted octanol–water partition coefficient (Wildman–Crippen LogP) is 4.07. The van der Waals surface area contributed by atoms with Gasteiger partial charge in [0.2, 0.25) is 0 Å². The number of hydrogen-bond donors (Lipinski definition) is 1. The maximum atomic E-state index is 11.6. The number of nitrogens with zero attached hydrogens (tertiary/aromatic N) is 2. The standard InChI is InChI=1S/C22H19N3O3S/c1-25(20-13-16-4-2-3-5-17(16)14-23-20)10-11-28-18-8-6-15(7-9-18)12-19-21(26)24-22(27)29-19/h2-9,12-14H,10-11H2,1H3,(H,24,26,27)/b19-12-. The second kappa shape index (κ2) is 8.36. The first-order chi connectivity index (χ1) is 14.1. The summed E-state index contributed by atoms with van der Waals surface area (Å²) < 4.78 is 5.82. The van der Waals surface area contributed by atoms with Crippen molar-refractivity contribution >= 4 is 45.6 Å². The van der Waals surface area contributed by atoms with Gasteiger partial charge in [-0.05, 0) is 47.0 Å². The van der Waals surface area contributed by atoms with Crippen LogP contribution in [-0.2, 0) is 4.79 Å². The molecule has 1 saturated heterocycles. The molecule has 1 aromatic heterocycles. The topological polar surface area (TPSA) is 71.5 Å². The number of carbonyl (C=O) groups is 2. The summed E-state index contributed by atoms with van der Waals surface area (Å²) in [6, 6.07) is 17.6. The van der Waals surface area contributed by atoms with Crippen LogP contribution in [0.4, 0.5) is 10.6 Å². The average molecular weight is 405 g/mol. The van der Waals surface area contributed by atoms with Gasteiger partial charge < -0.3 is 9.64 Å². The molecule has 6 nitrogen and oxygen atoms in total. The van der Waals surface area contributed by atoms with Gasteiger partial charge in [0.15, 0.2) is 0 Å². The fourth-order valence-corrected chi connectivity index (χ4v) is 3.61. The Labute approximate surface area is 172 Å². The summed E-state index contributed by atoms with van der Waals surface area (Å²) in [5.74, 6) is 1.29. The van der Waals surface area contributed by atoms with Gasteiger partial charge in [-0.3, -0.25) is 14.9 Å². The monoisotopic (exact) mass is 405 g/mol. The minimum Gasteiger partial charge on any atom is -0.492 e. The Hall–Kier alpha value is -3.32. The van der Waals surface area contributed by atoms with Crippen molar-refractivity contribution in [1.82, 2.24) is 10.3 Å². The molecule has 1 N–H and O–H groups in total. The van der Waals surface area contributed by atoms with Crippen LogP contribution in [0.25, 0.3) is 16.8 Å². The smallest absolute Gasteiger partial charge is 0.290 e. The van der Waals surface area contributed by atoms with E-state index in [1.165, 1.54) is 0 Å².